The summed E-state index contributed by atoms with van der Waals surface area (Å²) in [5.74, 6) is 0.0276. The molecule has 132 valence electrons. The molecule has 2 aromatic rings. The average molecular weight is 403 g/mol. The Labute approximate surface area is 156 Å². The van der Waals surface area contributed by atoms with Gasteiger partial charge in [-0.2, -0.15) is 4.37 Å². The van der Waals surface area contributed by atoms with Gasteiger partial charge in [0.05, 0.1) is 0 Å². The summed E-state index contributed by atoms with van der Waals surface area (Å²) in [5.41, 5.74) is 0.720. The lowest BCUT2D eigenvalue weighted by Crippen LogP contribution is -2.35. The third-order valence-corrected chi connectivity index (χ3v) is 4.96. The van der Waals surface area contributed by atoms with Crippen LogP contribution in [0.15, 0.2) is 18.2 Å². The van der Waals surface area contributed by atoms with E-state index in [0.717, 1.165) is 17.1 Å². The summed E-state index contributed by atoms with van der Waals surface area (Å²) >= 11 is 12.5. The number of rotatable bonds is 5. The largest absolute Gasteiger partial charge is 0.454 e. The Morgan fingerprint density at radius 1 is 1.36 bits per heavy atom. The zero-order chi connectivity index (χ0) is 18.0. The van der Waals surface area contributed by atoms with Gasteiger partial charge in [0.25, 0.3) is 5.91 Å². The van der Waals surface area contributed by atoms with E-state index in [1.165, 1.54) is 6.92 Å². The smallest absolute Gasteiger partial charge is 0.360 e. The molecule has 1 N–H and O–H groups in total. The Balaban J connectivity index is 1.54. The van der Waals surface area contributed by atoms with Crippen LogP contribution in [0.1, 0.15) is 23.0 Å². The van der Waals surface area contributed by atoms with Crippen LogP contribution in [-0.2, 0) is 16.1 Å². The van der Waals surface area contributed by atoms with Crippen molar-refractivity contribution in [2.45, 2.75) is 19.6 Å². The van der Waals surface area contributed by atoms with Gasteiger partial charge in [0.1, 0.15) is 9.36 Å². The first-order valence-electron chi connectivity index (χ1n) is 7.13. The highest BCUT2D eigenvalue weighted by molar-refractivity contribution is 7.11. The van der Waals surface area contributed by atoms with Crippen LogP contribution in [0.2, 0.25) is 9.36 Å². The fourth-order valence-electron chi connectivity index (χ4n) is 2.04. The number of carbonyl (C=O) groups excluding carboxylic acids is 2. The molecule has 0 fully saturated rings. The highest BCUT2D eigenvalue weighted by atomic mass is 35.5. The van der Waals surface area contributed by atoms with E-state index >= 15 is 0 Å². The molecule has 1 aliphatic rings. The third kappa shape index (κ3) is 3.97. The normalized spacial score (nSPS) is 13.4. The lowest BCUT2D eigenvalue weighted by Gasteiger charge is -2.13. The number of hydrogen-bond acceptors (Lipinski definition) is 7. The molecular formula is C15H12Cl2N2O5S. The molecule has 1 atom stereocenters. The van der Waals surface area contributed by atoms with Gasteiger partial charge in [0.15, 0.2) is 23.3 Å². The Bertz CT molecular complexity index is 826. The fourth-order valence-corrected chi connectivity index (χ4v) is 3.02. The third-order valence-electron chi connectivity index (χ3n) is 3.35. The monoisotopic (exact) mass is 402 g/mol. The molecule has 0 bridgehead atoms. The molecule has 1 aromatic carbocycles. The van der Waals surface area contributed by atoms with Gasteiger partial charge in [-0.25, -0.2) is 4.79 Å². The van der Waals surface area contributed by atoms with E-state index < -0.39 is 18.0 Å². The summed E-state index contributed by atoms with van der Waals surface area (Å²) in [6.07, 6.45) is -1.02. The highest BCUT2D eigenvalue weighted by Crippen LogP contribution is 2.32. The van der Waals surface area contributed by atoms with Crippen molar-refractivity contribution >= 4 is 46.6 Å². The Morgan fingerprint density at radius 2 is 2.12 bits per heavy atom. The van der Waals surface area contributed by atoms with Crippen LogP contribution in [-0.4, -0.2) is 29.1 Å². The lowest BCUT2D eigenvalue weighted by molar-refractivity contribution is -0.129. The number of esters is 1. The van der Waals surface area contributed by atoms with E-state index in [1.54, 1.807) is 12.1 Å². The van der Waals surface area contributed by atoms with Crippen LogP contribution in [0.5, 0.6) is 11.5 Å². The topological polar surface area (TPSA) is 86.8 Å². The average Bonchev–Trinajstić information content (AvgIpc) is 3.19. The van der Waals surface area contributed by atoms with Gasteiger partial charge in [-0.3, -0.25) is 4.79 Å². The maximum absolute atomic E-state index is 12.1. The first-order chi connectivity index (χ1) is 12.0. The van der Waals surface area contributed by atoms with Crippen LogP contribution in [0.25, 0.3) is 0 Å². The van der Waals surface area contributed by atoms with Gasteiger partial charge in [-0.15, -0.1) is 0 Å². The Kier molecular flexibility index (Phi) is 5.31. The summed E-state index contributed by atoms with van der Waals surface area (Å²) in [6, 6.07) is 5.35. The molecule has 0 saturated heterocycles. The second-order valence-corrected chi connectivity index (χ2v) is 6.83. The molecule has 0 saturated carbocycles. The molecule has 2 heterocycles. The number of carbonyl (C=O) groups is 2. The first-order valence-corrected chi connectivity index (χ1v) is 8.66. The molecule has 0 aliphatic carbocycles. The number of nitrogens with zero attached hydrogens (tertiary/aromatic N) is 1. The van der Waals surface area contributed by atoms with E-state index in [9.17, 15) is 9.59 Å². The van der Waals surface area contributed by atoms with Crippen molar-refractivity contribution in [3.05, 3.63) is 38.8 Å². The molecule has 0 unspecified atom stereocenters. The maximum atomic E-state index is 12.1. The lowest BCUT2D eigenvalue weighted by atomic mass is 10.2. The molecule has 0 spiro atoms. The molecule has 3 rings (SSSR count). The van der Waals surface area contributed by atoms with Crippen LogP contribution in [0.3, 0.4) is 0 Å². The second kappa shape index (κ2) is 7.47. The van der Waals surface area contributed by atoms with E-state index in [4.69, 9.17) is 37.4 Å². The highest BCUT2D eigenvalue weighted by Gasteiger charge is 2.24. The molecule has 0 radical (unpaired) electrons. The van der Waals surface area contributed by atoms with Crippen molar-refractivity contribution in [1.82, 2.24) is 9.69 Å². The van der Waals surface area contributed by atoms with Crippen molar-refractivity contribution in [3.8, 4) is 11.5 Å². The number of nitrogens with one attached hydrogen (secondary N) is 1. The van der Waals surface area contributed by atoms with Gasteiger partial charge < -0.3 is 19.5 Å². The van der Waals surface area contributed by atoms with Crippen molar-refractivity contribution in [1.29, 1.82) is 0 Å². The summed E-state index contributed by atoms with van der Waals surface area (Å²) in [4.78, 5) is 24.1. The van der Waals surface area contributed by atoms with E-state index in [-0.39, 0.29) is 28.4 Å². The van der Waals surface area contributed by atoms with Crippen molar-refractivity contribution < 1.29 is 23.8 Å². The minimum absolute atomic E-state index is 0.0182. The van der Waals surface area contributed by atoms with Gasteiger partial charge in [0, 0.05) is 6.54 Å². The predicted molar refractivity (Wildman–Crippen MR) is 91.4 cm³/mol. The van der Waals surface area contributed by atoms with Gasteiger partial charge in [-0.1, -0.05) is 29.3 Å². The molecule has 25 heavy (non-hydrogen) atoms. The zero-order valence-electron chi connectivity index (χ0n) is 12.9. The van der Waals surface area contributed by atoms with Gasteiger partial charge in [-0.05, 0) is 36.2 Å². The molecule has 1 aromatic heterocycles. The number of amides is 1. The number of aromatic nitrogens is 1. The van der Waals surface area contributed by atoms with Crippen molar-refractivity contribution in [2.75, 3.05) is 6.79 Å². The number of halogens is 2. The minimum Gasteiger partial charge on any atom is -0.454 e. The summed E-state index contributed by atoms with van der Waals surface area (Å²) in [5, 5.41) is 2.70. The predicted octanol–water partition coefficient (Wildman–Crippen LogP) is 3.04. The van der Waals surface area contributed by atoms with Crippen molar-refractivity contribution in [3.63, 3.8) is 0 Å². The summed E-state index contributed by atoms with van der Waals surface area (Å²) < 4.78 is 19.5. The summed E-state index contributed by atoms with van der Waals surface area (Å²) in [7, 11) is 0. The van der Waals surface area contributed by atoms with Crippen LogP contribution >= 0.6 is 34.7 Å². The summed E-state index contributed by atoms with van der Waals surface area (Å²) in [6.45, 7) is 1.89. The molecular weight excluding hydrogens is 391 g/mol. The first kappa shape index (κ1) is 17.8. The van der Waals surface area contributed by atoms with E-state index in [0.29, 0.717) is 11.5 Å². The maximum Gasteiger partial charge on any atom is 0.360 e. The zero-order valence-corrected chi connectivity index (χ0v) is 15.2. The fraction of sp³-hybridized carbons (Fsp3) is 0.267. The number of hydrogen-bond donors (Lipinski definition) is 1. The van der Waals surface area contributed by atoms with E-state index in [2.05, 4.69) is 9.69 Å². The van der Waals surface area contributed by atoms with Gasteiger partial charge >= 0.3 is 5.97 Å². The molecule has 10 heteroatoms. The van der Waals surface area contributed by atoms with E-state index in [1.807, 2.05) is 6.07 Å². The van der Waals surface area contributed by atoms with Crippen LogP contribution in [0.4, 0.5) is 0 Å². The molecule has 1 amide bonds. The number of ether oxygens (including phenoxy) is 3. The Hall–Kier alpha value is -2.03. The number of benzene rings is 1. The second-order valence-electron chi connectivity index (χ2n) is 5.07. The van der Waals surface area contributed by atoms with Crippen molar-refractivity contribution in [2.24, 2.45) is 0 Å². The Morgan fingerprint density at radius 3 is 2.84 bits per heavy atom. The van der Waals surface area contributed by atoms with Crippen LogP contribution in [0, 0.1) is 0 Å². The van der Waals surface area contributed by atoms with Gasteiger partial charge in [0.2, 0.25) is 6.79 Å². The molecule has 1 aliphatic heterocycles. The minimum atomic E-state index is -1.02. The standard InChI is InChI=1S/C15H12Cl2N2O5S/c1-7(24-15(21)12-11(16)13(17)25-19-12)14(20)18-5-8-2-3-9-10(4-8)23-6-22-9/h2-4,7H,5-6H2,1H3,(H,18,20)/t7-/m0/s1. The number of fused-ring (bicyclic) bond motifs is 1. The SMILES string of the molecule is C[C@H](OC(=O)c1nsc(Cl)c1Cl)C(=O)NCc1ccc2c(c1)OCO2. The molecule has 7 nitrogen and oxygen atoms in total. The van der Waals surface area contributed by atoms with Crippen LogP contribution < -0.4 is 14.8 Å². The quantitative estimate of drug-likeness (QED) is 0.773.